The molecule has 128 valence electrons. The number of nitrogens with one attached hydrogen (secondary N) is 2. The van der Waals surface area contributed by atoms with E-state index >= 15 is 0 Å². The molecule has 4 rings (SSSR count). The number of halogens is 1. The summed E-state index contributed by atoms with van der Waals surface area (Å²) in [4.78, 5) is 14.2. The molecule has 6 nitrogen and oxygen atoms in total. The number of ether oxygens (including phenoxy) is 1. The molecule has 1 unspecified atom stereocenters. The third kappa shape index (κ3) is 2.63. The van der Waals surface area contributed by atoms with Gasteiger partial charge in [-0.25, -0.2) is 0 Å². The Bertz CT molecular complexity index is 983. The van der Waals surface area contributed by atoms with E-state index in [9.17, 15) is 10.1 Å². The lowest BCUT2D eigenvalue weighted by molar-refractivity contribution is -0.384. The number of aromatic amines is 1. The standard InChI is InChI=1S/C18H16ClN3O3/c1-25-11-3-5-15-13(9-11)12-6-7-20-17(18(12)21-15)10-2-4-14(19)16(8-10)22(23)24/h2-5,8-9,17,20-21H,6-7H2,1H3. The zero-order valence-corrected chi connectivity index (χ0v) is 14.3. The predicted octanol–water partition coefficient (Wildman–Crippen LogP) is 3.97. The average molecular weight is 358 g/mol. The fraction of sp³-hybridized carbons (Fsp3) is 0.222. The summed E-state index contributed by atoms with van der Waals surface area (Å²) < 4.78 is 5.33. The van der Waals surface area contributed by atoms with Crippen molar-refractivity contribution in [2.45, 2.75) is 12.5 Å². The van der Waals surface area contributed by atoms with Gasteiger partial charge in [0.1, 0.15) is 10.8 Å². The fourth-order valence-corrected chi connectivity index (χ4v) is 3.65. The van der Waals surface area contributed by atoms with Gasteiger partial charge in [0.05, 0.1) is 18.1 Å². The van der Waals surface area contributed by atoms with Gasteiger partial charge in [0.2, 0.25) is 0 Å². The lowest BCUT2D eigenvalue weighted by atomic mass is 9.94. The van der Waals surface area contributed by atoms with E-state index in [1.807, 2.05) is 24.3 Å². The van der Waals surface area contributed by atoms with Crippen molar-refractivity contribution in [3.63, 3.8) is 0 Å². The zero-order valence-electron chi connectivity index (χ0n) is 13.5. The summed E-state index contributed by atoms with van der Waals surface area (Å²) in [7, 11) is 1.65. The van der Waals surface area contributed by atoms with E-state index in [1.165, 1.54) is 5.56 Å². The lowest BCUT2D eigenvalue weighted by Crippen LogP contribution is -2.30. The Kier molecular flexibility index (Phi) is 3.86. The molecule has 3 aromatic rings. The Balaban J connectivity index is 1.85. The number of rotatable bonds is 3. The lowest BCUT2D eigenvalue weighted by Gasteiger charge is -2.24. The monoisotopic (exact) mass is 357 g/mol. The number of benzene rings is 2. The van der Waals surface area contributed by atoms with E-state index < -0.39 is 4.92 Å². The second kappa shape index (κ2) is 6.06. The van der Waals surface area contributed by atoms with Crippen LogP contribution in [-0.4, -0.2) is 23.6 Å². The molecule has 25 heavy (non-hydrogen) atoms. The number of H-pyrrole nitrogens is 1. The largest absolute Gasteiger partial charge is 0.497 e. The first kappa shape index (κ1) is 15.9. The van der Waals surface area contributed by atoms with Gasteiger partial charge < -0.3 is 15.0 Å². The van der Waals surface area contributed by atoms with Crippen molar-refractivity contribution in [2.24, 2.45) is 0 Å². The van der Waals surface area contributed by atoms with E-state index in [2.05, 4.69) is 10.3 Å². The van der Waals surface area contributed by atoms with Crippen LogP contribution in [0, 0.1) is 10.1 Å². The molecule has 0 aliphatic carbocycles. The minimum atomic E-state index is -0.453. The number of nitro benzene ring substituents is 1. The first-order valence-corrected chi connectivity index (χ1v) is 8.32. The molecule has 7 heteroatoms. The molecule has 2 aromatic carbocycles. The van der Waals surface area contributed by atoms with Crippen molar-refractivity contribution >= 4 is 28.2 Å². The number of fused-ring (bicyclic) bond motifs is 3. The van der Waals surface area contributed by atoms with E-state index in [-0.39, 0.29) is 16.8 Å². The normalized spacial score (nSPS) is 16.6. The van der Waals surface area contributed by atoms with Gasteiger partial charge in [-0.05, 0) is 41.8 Å². The van der Waals surface area contributed by atoms with Gasteiger partial charge in [0, 0.05) is 29.2 Å². The maximum atomic E-state index is 11.2. The summed E-state index contributed by atoms with van der Waals surface area (Å²) >= 11 is 5.94. The summed E-state index contributed by atoms with van der Waals surface area (Å²) in [6, 6.07) is 10.7. The fourth-order valence-electron chi connectivity index (χ4n) is 3.47. The number of hydrogen-bond donors (Lipinski definition) is 2. The van der Waals surface area contributed by atoms with E-state index in [0.717, 1.165) is 40.9 Å². The Hall–Kier alpha value is -2.57. The highest BCUT2D eigenvalue weighted by Gasteiger charge is 2.27. The summed E-state index contributed by atoms with van der Waals surface area (Å²) in [6.07, 6.45) is 0.884. The Morgan fingerprint density at radius 2 is 2.12 bits per heavy atom. The van der Waals surface area contributed by atoms with Gasteiger partial charge in [-0.3, -0.25) is 10.1 Å². The van der Waals surface area contributed by atoms with Crippen LogP contribution in [0.25, 0.3) is 10.9 Å². The van der Waals surface area contributed by atoms with Crippen LogP contribution in [0.15, 0.2) is 36.4 Å². The molecule has 2 heterocycles. The number of methoxy groups -OCH3 is 1. The van der Waals surface area contributed by atoms with Crippen LogP contribution in [-0.2, 0) is 6.42 Å². The second-order valence-corrected chi connectivity index (χ2v) is 6.44. The first-order chi connectivity index (χ1) is 12.1. The highest BCUT2D eigenvalue weighted by atomic mass is 35.5. The van der Waals surface area contributed by atoms with Crippen LogP contribution < -0.4 is 10.1 Å². The summed E-state index contributed by atoms with van der Waals surface area (Å²) in [5.74, 6) is 0.812. The van der Waals surface area contributed by atoms with Crippen LogP contribution in [0.4, 0.5) is 5.69 Å². The summed E-state index contributed by atoms with van der Waals surface area (Å²) in [5.41, 5.74) is 4.02. The first-order valence-electron chi connectivity index (χ1n) is 7.94. The number of nitrogens with zero attached hydrogens (tertiary/aromatic N) is 1. The highest BCUT2D eigenvalue weighted by Crippen LogP contribution is 2.37. The van der Waals surface area contributed by atoms with Crippen LogP contribution in [0.5, 0.6) is 5.75 Å². The molecule has 1 aromatic heterocycles. The molecule has 0 saturated heterocycles. The third-order valence-electron chi connectivity index (χ3n) is 4.66. The molecular formula is C18H16ClN3O3. The van der Waals surface area contributed by atoms with Crippen molar-refractivity contribution < 1.29 is 9.66 Å². The number of aromatic nitrogens is 1. The number of nitro groups is 1. The minimum Gasteiger partial charge on any atom is -0.497 e. The maximum absolute atomic E-state index is 11.2. The molecule has 0 saturated carbocycles. The van der Waals surface area contributed by atoms with Gasteiger partial charge in [0.15, 0.2) is 0 Å². The highest BCUT2D eigenvalue weighted by molar-refractivity contribution is 6.32. The van der Waals surface area contributed by atoms with Crippen molar-refractivity contribution in [2.75, 3.05) is 13.7 Å². The molecule has 2 N–H and O–H groups in total. The summed E-state index contributed by atoms with van der Waals surface area (Å²) in [5, 5.41) is 15.9. The van der Waals surface area contributed by atoms with Gasteiger partial charge in [0.25, 0.3) is 5.69 Å². The van der Waals surface area contributed by atoms with Crippen LogP contribution in [0.1, 0.15) is 22.9 Å². The van der Waals surface area contributed by atoms with E-state index in [4.69, 9.17) is 16.3 Å². The second-order valence-electron chi connectivity index (χ2n) is 6.03. The van der Waals surface area contributed by atoms with Gasteiger partial charge >= 0.3 is 0 Å². The SMILES string of the molecule is COc1ccc2[nH]c3c(c2c1)CCNC3c1ccc(Cl)c([N+](=O)[O-])c1. The van der Waals surface area contributed by atoms with Crippen molar-refractivity contribution in [3.05, 3.63) is 68.4 Å². The number of hydrogen-bond acceptors (Lipinski definition) is 4. The van der Waals surface area contributed by atoms with Crippen molar-refractivity contribution in [1.29, 1.82) is 0 Å². The molecule has 0 bridgehead atoms. The van der Waals surface area contributed by atoms with Crippen LogP contribution in [0.3, 0.4) is 0 Å². The van der Waals surface area contributed by atoms with Crippen LogP contribution in [0.2, 0.25) is 5.02 Å². The Morgan fingerprint density at radius 1 is 1.28 bits per heavy atom. The molecule has 0 radical (unpaired) electrons. The van der Waals surface area contributed by atoms with E-state index in [0.29, 0.717) is 0 Å². The molecule has 1 aliphatic rings. The van der Waals surface area contributed by atoms with Crippen LogP contribution >= 0.6 is 11.6 Å². The quantitative estimate of drug-likeness (QED) is 0.549. The molecule has 1 atom stereocenters. The summed E-state index contributed by atoms with van der Waals surface area (Å²) in [6.45, 7) is 0.790. The minimum absolute atomic E-state index is 0.0779. The third-order valence-corrected chi connectivity index (χ3v) is 4.98. The predicted molar refractivity (Wildman–Crippen MR) is 96.5 cm³/mol. The Labute approximate surface area is 148 Å². The van der Waals surface area contributed by atoms with Crippen molar-refractivity contribution in [3.8, 4) is 5.75 Å². The maximum Gasteiger partial charge on any atom is 0.288 e. The van der Waals surface area contributed by atoms with Crippen molar-refractivity contribution in [1.82, 2.24) is 10.3 Å². The van der Waals surface area contributed by atoms with Gasteiger partial charge in [-0.15, -0.1) is 0 Å². The molecule has 0 amide bonds. The zero-order chi connectivity index (χ0) is 17.6. The molecule has 1 aliphatic heterocycles. The smallest absolute Gasteiger partial charge is 0.288 e. The van der Waals surface area contributed by atoms with E-state index in [1.54, 1.807) is 19.2 Å². The average Bonchev–Trinajstić information content (AvgIpc) is 2.99. The van der Waals surface area contributed by atoms with Gasteiger partial charge in [-0.2, -0.15) is 0 Å². The molecule has 0 fully saturated rings. The topological polar surface area (TPSA) is 80.2 Å². The Morgan fingerprint density at radius 3 is 2.88 bits per heavy atom. The molecular weight excluding hydrogens is 342 g/mol. The van der Waals surface area contributed by atoms with Gasteiger partial charge in [-0.1, -0.05) is 17.7 Å². The molecule has 0 spiro atoms.